The van der Waals surface area contributed by atoms with Crippen LogP contribution >= 0.6 is 0 Å². The average molecular weight is 205 g/mol. The molecule has 0 heterocycles. The van der Waals surface area contributed by atoms with E-state index in [1.54, 1.807) is 7.11 Å². The van der Waals surface area contributed by atoms with Crippen molar-refractivity contribution in [3.05, 3.63) is 23.8 Å². The quantitative estimate of drug-likeness (QED) is 0.752. The van der Waals surface area contributed by atoms with E-state index in [0.717, 1.165) is 11.4 Å². The molecule has 1 saturated carbocycles. The zero-order valence-electron chi connectivity index (χ0n) is 9.33. The lowest BCUT2D eigenvalue weighted by Gasteiger charge is -2.23. The molecule has 1 aliphatic rings. The average Bonchev–Trinajstić information content (AvgIpc) is 2.30. The standard InChI is InChI=1S/C13H19NO/c1-15-12-9-5-8-11(13(12)14)10-6-3-2-4-7-10/h5,8-10H,2-4,6-7,14H2,1H3. The van der Waals surface area contributed by atoms with Gasteiger partial charge in [0, 0.05) is 0 Å². The molecule has 0 unspecified atom stereocenters. The Morgan fingerprint density at radius 3 is 2.60 bits per heavy atom. The summed E-state index contributed by atoms with van der Waals surface area (Å²) >= 11 is 0. The number of nitrogen functional groups attached to an aromatic ring is 1. The fraction of sp³-hybridized carbons (Fsp3) is 0.538. The molecule has 0 amide bonds. The lowest BCUT2D eigenvalue weighted by molar-refractivity contribution is 0.412. The van der Waals surface area contributed by atoms with Crippen LogP contribution in [0.4, 0.5) is 5.69 Å². The minimum Gasteiger partial charge on any atom is -0.495 e. The maximum absolute atomic E-state index is 6.10. The molecule has 0 aromatic heterocycles. The zero-order chi connectivity index (χ0) is 10.7. The maximum atomic E-state index is 6.10. The third-order valence-corrected chi connectivity index (χ3v) is 3.36. The lowest BCUT2D eigenvalue weighted by Crippen LogP contribution is -2.08. The van der Waals surface area contributed by atoms with E-state index >= 15 is 0 Å². The van der Waals surface area contributed by atoms with Gasteiger partial charge in [-0.1, -0.05) is 31.4 Å². The van der Waals surface area contributed by atoms with Crippen LogP contribution in [0.2, 0.25) is 0 Å². The van der Waals surface area contributed by atoms with E-state index in [0.29, 0.717) is 5.92 Å². The van der Waals surface area contributed by atoms with Crippen molar-refractivity contribution in [3.63, 3.8) is 0 Å². The van der Waals surface area contributed by atoms with E-state index in [1.165, 1.54) is 37.7 Å². The highest BCUT2D eigenvalue weighted by molar-refractivity contribution is 5.59. The summed E-state index contributed by atoms with van der Waals surface area (Å²) < 4.78 is 5.25. The normalized spacial score (nSPS) is 17.7. The number of benzene rings is 1. The van der Waals surface area contributed by atoms with Crippen LogP contribution in [-0.4, -0.2) is 7.11 Å². The van der Waals surface area contributed by atoms with Gasteiger partial charge in [-0.3, -0.25) is 0 Å². The van der Waals surface area contributed by atoms with Crippen molar-refractivity contribution in [1.29, 1.82) is 0 Å². The fourth-order valence-electron chi connectivity index (χ4n) is 2.51. The number of para-hydroxylation sites is 1. The molecule has 0 bridgehead atoms. The van der Waals surface area contributed by atoms with Gasteiger partial charge in [0.1, 0.15) is 5.75 Å². The van der Waals surface area contributed by atoms with Crippen molar-refractivity contribution in [3.8, 4) is 5.75 Å². The number of hydrogen-bond acceptors (Lipinski definition) is 2. The molecule has 0 radical (unpaired) electrons. The van der Waals surface area contributed by atoms with Crippen LogP contribution in [0.5, 0.6) is 5.75 Å². The maximum Gasteiger partial charge on any atom is 0.142 e. The molecule has 0 atom stereocenters. The third kappa shape index (κ3) is 2.09. The van der Waals surface area contributed by atoms with Crippen LogP contribution in [-0.2, 0) is 0 Å². The predicted octanol–water partition coefficient (Wildman–Crippen LogP) is 3.33. The van der Waals surface area contributed by atoms with E-state index in [4.69, 9.17) is 10.5 Å². The number of methoxy groups -OCH3 is 1. The van der Waals surface area contributed by atoms with Crippen LogP contribution in [0.1, 0.15) is 43.6 Å². The molecular weight excluding hydrogens is 186 g/mol. The summed E-state index contributed by atoms with van der Waals surface area (Å²) in [5.74, 6) is 1.46. The summed E-state index contributed by atoms with van der Waals surface area (Å²) in [6, 6.07) is 6.12. The van der Waals surface area contributed by atoms with Gasteiger partial charge in [0.2, 0.25) is 0 Å². The van der Waals surface area contributed by atoms with Crippen molar-refractivity contribution in [2.24, 2.45) is 0 Å². The SMILES string of the molecule is COc1cccc(C2CCCCC2)c1N. The Morgan fingerprint density at radius 2 is 1.93 bits per heavy atom. The topological polar surface area (TPSA) is 35.2 Å². The molecule has 1 fully saturated rings. The van der Waals surface area contributed by atoms with Gasteiger partial charge in [-0.15, -0.1) is 0 Å². The molecule has 2 N–H and O–H groups in total. The Bertz CT molecular complexity index is 329. The number of anilines is 1. The Morgan fingerprint density at radius 1 is 1.20 bits per heavy atom. The summed E-state index contributed by atoms with van der Waals surface area (Å²) in [5.41, 5.74) is 8.23. The van der Waals surface area contributed by atoms with Crippen molar-refractivity contribution in [2.45, 2.75) is 38.0 Å². The molecule has 0 spiro atoms. The molecule has 1 aromatic carbocycles. The second-order valence-electron chi connectivity index (χ2n) is 4.30. The van der Waals surface area contributed by atoms with Crippen molar-refractivity contribution >= 4 is 5.69 Å². The third-order valence-electron chi connectivity index (χ3n) is 3.36. The van der Waals surface area contributed by atoms with E-state index in [2.05, 4.69) is 6.07 Å². The Kier molecular flexibility index (Phi) is 3.14. The first-order valence-electron chi connectivity index (χ1n) is 5.75. The second-order valence-corrected chi connectivity index (χ2v) is 4.30. The summed E-state index contributed by atoms with van der Waals surface area (Å²) in [4.78, 5) is 0. The molecule has 1 aliphatic carbocycles. The first-order chi connectivity index (χ1) is 7.33. The smallest absolute Gasteiger partial charge is 0.142 e. The summed E-state index contributed by atoms with van der Waals surface area (Å²) in [7, 11) is 1.68. The van der Waals surface area contributed by atoms with Gasteiger partial charge >= 0.3 is 0 Å². The first kappa shape index (κ1) is 10.3. The van der Waals surface area contributed by atoms with E-state index < -0.39 is 0 Å². The number of rotatable bonds is 2. The van der Waals surface area contributed by atoms with Crippen molar-refractivity contribution in [1.82, 2.24) is 0 Å². The summed E-state index contributed by atoms with van der Waals surface area (Å²) in [6.07, 6.45) is 6.59. The van der Waals surface area contributed by atoms with Crippen LogP contribution in [0.25, 0.3) is 0 Å². The number of ether oxygens (including phenoxy) is 1. The van der Waals surface area contributed by atoms with Crippen LogP contribution < -0.4 is 10.5 Å². The van der Waals surface area contributed by atoms with E-state index in [9.17, 15) is 0 Å². The van der Waals surface area contributed by atoms with Gasteiger partial charge < -0.3 is 10.5 Å². The van der Waals surface area contributed by atoms with Crippen molar-refractivity contribution < 1.29 is 4.74 Å². The largest absolute Gasteiger partial charge is 0.495 e. The molecule has 2 rings (SSSR count). The summed E-state index contributed by atoms with van der Waals surface area (Å²) in [5, 5.41) is 0. The van der Waals surface area contributed by atoms with Gasteiger partial charge in [0.25, 0.3) is 0 Å². The highest BCUT2D eigenvalue weighted by Gasteiger charge is 2.18. The highest BCUT2D eigenvalue weighted by atomic mass is 16.5. The van der Waals surface area contributed by atoms with E-state index in [1.807, 2.05) is 12.1 Å². The molecule has 15 heavy (non-hydrogen) atoms. The van der Waals surface area contributed by atoms with Crippen molar-refractivity contribution in [2.75, 3.05) is 12.8 Å². The highest BCUT2D eigenvalue weighted by Crippen LogP contribution is 2.38. The molecule has 2 heteroatoms. The van der Waals surface area contributed by atoms with Gasteiger partial charge in [0.05, 0.1) is 12.8 Å². The van der Waals surface area contributed by atoms with Crippen LogP contribution in [0, 0.1) is 0 Å². The van der Waals surface area contributed by atoms with Gasteiger partial charge in [-0.2, -0.15) is 0 Å². The fourth-order valence-corrected chi connectivity index (χ4v) is 2.51. The van der Waals surface area contributed by atoms with E-state index in [-0.39, 0.29) is 0 Å². The number of nitrogens with two attached hydrogens (primary N) is 1. The Labute approximate surface area is 91.4 Å². The Balaban J connectivity index is 2.26. The Hall–Kier alpha value is -1.18. The predicted molar refractivity (Wildman–Crippen MR) is 63.2 cm³/mol. The molecular formula is C13H19NO. The monoisotopic (exact) mass is 205 g/mol. The van der Waals surface area contributed by atoms with Crippen LogP contribution in [0.3, 0.4) is 0 Å². The zero-order valence-corrected chi connectivity index (χ0v) is 9.33. The minimum absolute atomic E-state index is 0.647. The molecule has 82 valence electrons. The molecule has 0 saturated heterocycles. The molecule has 2 nitrogen and oxygen atoms in total. The first-order valence-corrected chi connectivity index (χ1v) is 5.75. The minimum atomic E-state index is 0.647. The van der Waals surface area contributed by atoms with Crippen LogP contribution in [0.15, 0.2) is 18.2 Å². The molecule has 1 aromatic rings. The van der Waals surface area contributed by atoms with Gasteiger partial charge in [0.15, 0.2) is 0 Å². The molecule has 0 aliphatic heterocycles. The number of hydrogen-bond donors (Lipinski definition) is 1. The second kappa shape index (κ2) is 4.56. The lowest BCUT2D eigenvalue weighted by atomic mass is 9.83. The van der Waals surface area contributed by atoms with Gasteiger partial charge in [-0.05, 0) is 30.4 Å². The van der Waals surface area contributed by atoms with Gasteiger partial charge in [-0.25, -0.2) is 0 Å². The summed E-state index contributed by atoms with van der Waals surface area (Å²) in [6.45, 7) is 0.